The van der Waals surface area contributed by atoms with Crippen molar-refractivity contribution in [3.05, 3.63) is 33.8 Å². The lowest BCUT2D eigenvalue weighted by Gasteiger charge is -2.13. The van der Waals surface area contributed by atoms with Gasteiger partial charge in [-0.05, 0) is 31.0 Å². The summed E-state index contributed by atoms with van der Waals surface area (Å²) in [4.78, 5) is 16.2. The molecule has 0 radical (unpaired) electrons. The number of amides is 1. The minimum absolute atomic E-state index is 0. The predicted octanol–water partition coefficient (Wildman–Crippen LogP) is 2.95. The van der Waals surface area contributed by atoms with Crippen LogP contribution in [-0.2, 0) is 9.47 Å². The van der Waals surface area contributed by atoms with E-state index in [-0.39, 0.29) is 29.9 Å². The van der Waals surface area contributed by atoms with Gasteiger partial charge in [0.2, 0.25) is 0 Å². The lowest BCUT2D eigenvalue weighted by Crippen LogP contribution is -2.42. The van der Waals surface area contributed by atoms with Crippen molar-refractivity contribution < 1.29 is 14.3 Å². The standard InChI is InChI=1S/C19H28Cl2N4O3.HI/c1-22-19(24-6-2-9-27-12-14-5-10-28-13-14)25-8-7-23-18(26)15-3-4-16(20)17(21)11-15;/h3-4,11,14H,2,5-10,12-13H2,1H3,(H,23,26)(H2,22,24,25);1H. The normalized spacial score (nSPS) is 16.2. The molecule has 1 heterocycles. The number of aliphatic imine (C=N–C) groups is 1. The van der Waals surface area contributed by atoms with Gasteiger partial charge in [0.15, 0.2) is 5.96 Å². The molecule has 1 atom stereocenters. The fourth-order valence-electron chi connectivity index (χ4n) is 2.66. The minimum atomic E-state index is -0.201. The van der Waals surface area contributed by atoms with Crippen LogP contribution in [0.5, 0.6) is 0 Å². The molecule has 1 aromatic carbocycles. The van der Waals surface area contributed by atoms with Crippen molar-refractivity contribution in [2.24, 2.45) is 10.9 Å². The van der Waals surface area contributed by atoms with Gasteiger partial charge in [-0.15, -0.1) is 24.0 Å². The Kier molecular flexibility index (Phi) is 13.6. The van der Waals surface area contributed by atoms with Gasteiger partial charge in [0, 0.05) is 51.4 Å². The summed E-state index contributed by atoms with van der Waals surface area (Å²) in [5.41, 5.74) is 0.473. The smallest absolute Gasteiger partial charge is 0.251 e. The molecule has 1 aliphatic heterocycles. The number of benzene rings is 1. The van der Waals surface area contributed by atoms with Gasteiger partial charge in [-0.3, -0.25) is 9.79 Å². The number of nitrogens with zero attached hydrogens (tertiary/aromatic N) is 1. The number of hydrogen-bond acceptors (Lipinski definition) is 4. The molecule has 0 aliphatic carbocycles. The molecule has 2 rings (SSSR count). The Hall–Kier alpha value is -0.810. The second-order valence-electron chi connectivity index (χ2n) is 6.47. The summed E-state index contributed by atoms with van der Waals surface area (Å²) in [6.45, 7) is 4.90. The molecule has 1 amide bonds. The second-order valence-corrected chi connectivity index (χ2v) is 7.28. The Bertz CT molecular complexity index is 658. The molecule has 7 nitrogen and oxygen atoms in total. The van der Waals surface area contributed by atoms with Crippen molar-refractivity contribution in [2.75, 3.05) is 53.1 Å². The quantitative estimate of drug-likeness (QED) is 0.178. The van der Waals surface area contributed by atoms with Crippen LogP contribution in [0.25, 0.3) is 0 Å². The van der Waals surface area contributed by atoms with E-state index < -0.39 is 0 Å². The van der Waals surface area contributed by atoms with Crippen molar-refractivity contribution in [3.8, 4) is 0 Å². The number of carbonyl (C=O) groups excluding carboxylic acids is 1. The first kappa shape index (κ1) is 26.2. The molecule has 0 spiro atoms. The van der Waals surface area contributed by atoms with Crippen LogP contribution in [0.15, 0.2) is 23.2 Å². The molecule has 10 heteroatoms. The molecule has 0 bridgehead atoms. The van der Waals surface area contributed by atoms with E-state index in [1.54, 1.807) is 25.2 Å². The van der Waals surface area contributed by atoms with Crippen molar-refractivity contribution in [1.29, 1.82) is 0 Å². The maximum atomic E-state index is 12.1. The number of ether oxygens (including phenoxy) is 2. The molecule has 1 unspecified atom stereocenters. The molecule has 1 aromatic rings. The molecule has 3 N–H and O–H groups in total. The highest BCUT2D eigenvalue weighted by Crippen LogP contribution is 2.22. The van der Waals surface area contributed by atoms with Gasteiger partial charge in [0.25, 0.3) is 5.91 Å². The average molecular weight is 559 g/mol. The van der Waals surface area contributed by atoms with Crippen LogP contribution >= 0.6 is 47.2 Å². The molecule has 164 valence electrons. The zero-order valence-corrected chi connectivity index (χ0v) is 20.4. The number of halogens is 3. The maximum Gasteiger partial charge on any atom is 0.251 e. The van der Waals surface area contributed by atoms with Crippen molar-refractivity contribution in [2.45, 2.75) is 12.8 Å². The van der Waals surface area contributed by atoms with Crippen LogP contribution in [0.3, 0.4) is 0 Å². The topological polar surface area (TPSA) is 84.0 Å². The Morgan fingerprint density at radius 3 is 2.66 bits per heavy atom. The predicted molar refractivity (Wildman–Crippen MR) is 128 cm³/mol. The monoisotopic (exact) mass is 558 g/mol. The third-order valence-electron chi connectivity index (χ3n) is 4.24. The van der Waals surface area contributed by atoms with E-state index in [0.717, 1.165) is 39.2 Å². The molecule has 29 heavy (non-hydrogen) atoms. The number of hydrogen-bond donors (Lipinski definition) is 3. The van der Waals surface area contributed by atoms with E-state index in [9.17, 15) is 4.79 Å². The lowest BCUT2D eigenvalue weighted by molar-refractivity contribution is 0.0887. The number of nitrogens with one attached hydrogen (secondary N) is 3. The van der Waals surface area contributed by atoms with E-state index in [1.165, 1.54) is 0 Å². The summed E-state index contributed by atoms with van der Waals surface area (Å²) in [5, 5.41) is 9.98. The van der Waals surface area contributed by atoms with E-state index in [0.29, 0.717) is 47.2 Å². The SMILES string of the molecule is CN=C(NCCCOCC1CCOC1)NCCNC(=O)c1ccc(Cl)c(Cl)c1.I. The van der Waals surface area contributed by atoms with Crippen molar-refractivity contribution >= 4 is 59.0 Å². The fraction of sp³-hybridized carbons (Fsp3) is 0.579. The van der Waals surface area contributed by atoms with Crippen LogP contribution in [-0.4, -0.2) is 65.0 Å². The first-order chi connectivity index (χ1) is 13.6. The van der Waals surface area contributed by atoms with Gasteiger partial charge >= 0.3 is 0 Å². The highest BCUT2D eigenvalue weighted by Gasteiger charge is 2.15. The largest absolute Gasteiger partial charge is 0.381 e. The van der Waals surface area contributed by atoms with Gasteiger partial charge < -0.3 is 25.4 Å². The van der Waals surface area contributed by atoms with Crippen LogP contribution in [0, 0.1) is 5.92 Å². The Morgan fingerprint density at radius 1 is 1.21 bits per heavy atom. The summed E-state index contributed by atoms with van der Waals surface area (Å²) in [6.07, 6.45) is 1.98. The van der Waals surface area contributed by atoms with E-state index in [1.807, 2.05) is 0 Å². The molecule has 1 saturated heterocycles. The van der Waals surface area contributed by atoms with E-state index in [2.05, 4.69) is 20.9 Å². The van der Waals surface area contributed by atoms with Crippen LogP contribution in [0.4, 0.5) is 0 Å². The van der Waals surface area contributed by atoms with Gasteiger partial charge in [0.05, 0.1) is 23.3 Å². The van der Waals surface area contributed by atoms with Gasteiger partial charge in [-0.25, -0.2) is 0 Å². The van der Waals surface area contributed by atoms with Gasteiger partial charge in [0.1, 0.15) is 0 Å². The maximum absolute atomic E-state index is 12.1. The van der Waals surface area contributed by atoms with Gasteiger partial charge in [-0.1, -0.05) is 23.2 Å². The molecular formula is C19H29Cl2IN4O3. The van der Waals surface area contributed by atoms with Gasteiger partial charge in [-0.2, -0.15) is 0 Å². The highest BCUT2D eigenvalue weighted by molar-refractivity contribution is 14.0. The molecule has 1 fully saturated rings. The average Bonchev–Trinajstić information content (AvgIpc) is 3.21. The summed E-state index contributed by atoms with van der Waals surface area (Å²) in [7, 11) is 1.71. The number of rotatable bonds is 10. The Labute approximate surface area is 199 Å². The minimum Gasteiger partial charge on any atom is -0.381 e. The Morgan fingerprint density at radius 2 is 1.97 bits per heavy atom. The molecule has 1 aliphatic rings. The van der Waals surface area contributed by atoms with Crippen LogP contribution in [0.1, 0.15) is 23.2 Å². The number of carbonyl (C=O) groups is 1. The van der Waals surface area contributed by atoms with Crippen molar-refractivity contribution in [3.63, 3.8) is 0 Å². The summed E-state index contributed by atoms with van der Waals surface area (Å²) < 4.78 is 11.0. The molecular weight excluding hydrogens is 530 g/mol. The van der Waals surface area contributed by atoms with Crippen LogP contribution in [0.2, 0.25) is 10.0 Å². The van der Waals surface area contributed by atoms with Crippen molar-refractivity contribution in [1.82, 2.24) is 16.0 Å². The highest BCUT2D eigenvalue weighted by atomic mass is 127. The fourth-order valence-corrected chi connectivity index (χ4v) is 2.96. The zero-order chi connectivity index (χ0) is 20.2. The van der Waals surface area contributed by atoms with Crippen LogP contribution < -0.4 is 16.0 Å². The third kappa shape index (κ3) is 10.2. The number of guanidine groups is 1. The lowest BCUT2D eigenvalue weighted by atomic mass is 10.1. The summed E-state index contributed by atoms with van der Waals surface area (Å²) in [6, 6.07) is 4.79. The zero-order valence-electron chi connectivity index (χ0n) is 16.5. The second kappa shape index (κ2) is 15.1. The first-order valence-corrected chi connectivity index (χ1v) is 10.2. The summed E-state index contributed by atoms with van der Waals surface area (Å²) in [5.74, 6) is 1.03. The molecule has 0 saturated carbocycles. The molecule has 0 aromatic heterocycles. The van der Waals surface area contributed by atoms with E-state index in [4.69, 9.17) is 32.7 Å². The summed E-state index contributed by atoms with van der Waals surface area (Å²) >= 11 is 11.8. The van der Waals surface area contributed by atoms with E-state index >= 15 is 0 Å². The Balaban J connectivity index is 0.00000420. The first-order valence-electron chi connectivity index (χ1n) is 9.43. The third-order valence-corrected chi connectivity index (χ3v) is 4.98.